The van der Waals surface area contributed by atoms with E-state index in [2.05, 4.69) is 27.0 Å². The number of H-pyrrole nitrogens is 1. The number of tetrazole rings is 1. The van der Waals surface area contributed by atoms with Gasteiger partial charge in [-0.15, -0.1) is 10.2 Å². The van der Waals surface area contributed by atoms with Gasteiger partial charge in [0, 0.05) is 32.7 Å². The Morgan fingerprint density at radius 3 is 2.90 bits per heavy atom. The predicted octanol–water partition coefficient (Wildman–Crippen LogP) is 0.354. The summed E-state index contributed by atoms with van der Waals surface area (Å²) in [7, 11) is 0. The SMILES string of the molecule is C[CH-]CCc1nn[nH]n1.[Y]. The minimum Gasteiger partial charge on any atom is -0.331 e. The molecule has 0 aliphatic heterocycles. The van der Waals surface area contributed by atoms with E-state index in [1.807, 2.05) is 6.92 Å². The number of nitrogens with zero attached hydrogens (tertiary/aromatic N) is 3. The first-order valence-electron chi connectivity index (χ1n) is 2.93. The van der Waals surface area contributed by atoms with Gasteiger partial charge in [0.05, 0.1) is 0 Å². The number of aryl methyl sites for hydroxylation is 1. The molecule has 0 aliphatic carbocycles. The Balaban J connectivity index is 0.000000810. The van der Waals surface area contributed by atoms with E-state index in [-0.39, 0.29) is 32.7 Å². The maximum absolute atomic E-state index is 3.79. The van der Waals surface area contributed by atoms with E-state index in [1.54, 1.807) is 0 Å². The first kappa shape index (κ1) is 10.2. The van der Waals surface area contributed by atoms with Crippen LogP contribution in [-0.4, -0.2) is 20.6 Å². The molecule has 0 amide bonds. The van der Waals surface area contributed by atoms with Gasteiger partial charge in [0.2, 0.25) is 0 Å². The van der Waals surface area contributed by atoms with Gasteiger partial charge in [-0.1, -0.05) is 5.21 Å². The molecule has 4 nitrogen and oxygen atoms in total. The fourth-order valence-corrected chi connectivity index (χ4v) is 0.562. The zero-order chi connectivity index (χ0) is 6.53. The van der Waals surface area contributed by atoms with E-state index in [9.17, 15) is 0 Å². The Bertz CT molecular complexity index is 151. The third-order valence-corrected chi connectivity index (χ3v) is 1.05. The Morgan fingerprint density at radius 2 is 2.40 bits per heavy atom. The van der Waals surface area contributed by atoms with Gasteiger partial charge in [-0.2, -0.15) is 18.6 Å². The number of aromatic nitrogens is 4. The standard InChI is InChI=1S/C5H9N4.Y/c1-2-3-4-5-6-8-9-7-5;/h2H,3-4H2,1H3,(H,6,7,8,9);/q-1;. The molecule has 0 fully saturated rings. The Morgan fingerprint density at radius 1 is 1.60 bits per heavy atom. The Kier molecular flexibility index (Phi) is 6.02. The number of rotatable bonds is 3. The van der Waals surface area contributed by atoms with Crippen LogP contribution < -0.4 is 0 Å². The summed E-state index contributed by atoms with van der Waals surface area (Å²) < 4.78 is 0. The molecule has 5 heteroatoms. The molecule has 0 aromatic carbocycles. The fraction of sp³-hybridized carbons (Fsp3) is 0.600. The second-order valence-corrected chi connectivity index (χ2v) is 1.77. The molecule has 0 aliphatic rings. The van der Waals surface area contributed by atoms with Crippen molar-refractivity contribution in [2.75, 3.05) is 0 Å². The number of nitrogens with one attached hydrogen (secondary N) is 1. The van der Waals surface area contributed by atoms with Gasteiger partial charge in [-0.05, 0) is 6.42 Å². The molecular weight excluding hydrogens is 205 g/mol. The number of unbranched alkanes of at least 4 members (excludes halogenated alkanes) is 1. The van der Waals surface area contributed by atoms with Gasteiger partial charge in [-0.25, -0.2) is 0 Å². The second kappa shape index (κ2) is 5.92. The molecule has 1 aromatic rings. The third-order valence-electron chi connectivity index (χ3n) is 1.05. The third kappa shape index (κ3) is 3.37. The van der Waals surface area contributed by atoms with Crippen LogP contribution >= 0.6 is 0 Å². The van der Waals surface area contributed by atoms with Crippen LogP contribution in [0.1, 0.15) is 19.2 Å². The van der Waals surface area contributed by atoms with Gasteiger partial charge < -0.3 is 6.42 Å². The van der Waals surface area contributed by atoms with Gasteiger partial charge in [0.15, 0.2) is 5.82 Å². The van der Waals surface area contributed by atoms with Crippen molar-refractivity contribution in [3.05, 3.63) is 12.2 Å². The predicted molar refractivity (Wildman–Crippen MR) is 32.5 cm³/mol. The zero-order valence-corrected chi connectivity index (χ0v) is 8.75. The summed E-state index contributed by atoms with van der Waals surface area (Å²) >= 11 is 0. The van der Waals surface area contributed by atoms with Crippen LogP contribution in [0.4, 0.5) is 0 Å². The molecule has 0 unspecified atom stereocenters. The first-order chi connectivity index (χ1) is 4.43. The first-order valence-corrected chi connectivity index (χ1v) is 2.93. The Hall–Kier alpha value is 0.174. The normalized spacial score (nSPS) is 8.90. The second-order valence-electron chi connectivity index (χ2n) is 1.77. The molecule has 53 valence electrons. The van der Waals surface area contributed by atoms with Crippen molar-refractivity contribution in [1.29, 1.82) is 0 Å². The molecule has 0 spiro atoms. The summed E-state index contributed by atoms with van der Waals surface area (Å²) in [6.45, 7) is 2.01. The molecular formula is C5H9N4Y-. The van der Waals surface area contributed by atoms with Crippen LogP contribution in [0.15, 0.2) is 0 Å². The van der Waals surface area contributed by atoms with Gasteiger partial charge >= 0.3 is 0 Å². The van der Waals surface area contributed by atoms with Crippen molar-refractivity contribution in [1.82, 2.24) is 20.6 Å². The summed E-state index contributed by atoms with van der Waals surface area (Å²) in [5, 5.41) is 13.4. The van der Waals surface area contributed by atoms with Crippen LogP contribution in [0.25, 0.3) is 0 Å². The smallest absolute Gasteiger partial charge is 0.172 e. The molecule has 0 atom stereocenters. The molecule has 10 heavy (non-hydrogen) atoms. The minimum absolute atomic E-state index is 0. The topological polar surface area (TPSA) is 54.5 Å². The van der Waals surface area contributed by atoms with E-state index < -0.39 is 0 Å². The fourth-order valence-electron chi connectivity index (χ4n) is 0.562. The van der Waals surface area contributed by atoms with Gasteiger partial charge in [-0.3, -0.25) is 0 Å². The number of hydrogen-bond donors (Lipinski definition) is 1. The van der Waals surface area contributed by atoms with E-state index in [0.717, 1.165) is 18.7 Å². The minimum atomic E-state index is 0. The molecule has 1 heterocycles. The molecule has 1 N–H and O–H groups in total. The molecule has 0 bridgehead atoms. The van der Waals surface area contributed by atoms with Crippen molar-refractivity contribution in [2.24, 2.45) is 0 Å². The summed E-state index contributed by atoms with van der Waals surface area (Å²) in [6, 6.07) is 0. The Labute approximate surface area is 85.0 Å². The number of aromatic amines is 1. The van der Waals surface area contributed by atoms with Crippen LogP contribution in [0, 0.1) is 6.42 Å². The van der Waals surface area contributed by atoms with Crippen molar-refractivity contribution in [3.63, 3.8) is 0 Å². The summed E-state index contributed by atoms with van der Waals surface area (Å²) in [6.07, 6.45) is 3.98. The quantitative estimate of drug-likeness (QED) is 0.738. The van der Waals surface area contributed by atoms with Crippen molar-refractivity contribution >= 4 is 0 Å². The van der Waals surface area contributed by atoms with E-state index in [1.165, 1.54) is 0 Å². The largest absolute Gasteiger partial charge is 0.331 e. The van der Waals surface area contributed by atoms with Crippen molar-refractivity contribution in [2.45, 2.75) is 19.8 Å². The summed E-state index contributed by atoms with van der Waals surface area (Å²) in [5.74, 6) is 0.785. The monoisotopic (exact) mass is 214 g/mol. The summed E-state index contributed by atoms with van der Waals surface area (Å²) in [4.78, 5) is 0. The maximum atomic E-state index is 3.79. The molecule has 1 radical (unpaired) electrons. The average molecular weight is 214 g/mol. The van der Waals surface area contributed by atoms with Crippen LogP contribution in [0.2, 0.25) is 0 Å². The summed E-state index contributed by atoms with van der Waals surface area (Å²) in [5.41, 5.74) is 0. The maximum Gasteiger partial charge on any atom is 0.172 e. The molecule has 0 saturated carbocycles. The van der Waals surface area contributed by atoms with E-state index in [4.69, 9.17) is 0 Å². The molecule has 1 rings (SSSR count). The van der Waals surface area contributed by atoms with Crippen molar-refractivity contribution in [3.8, 4) is 0 Å². The van der Waals surface area contributed by atoms with E-state index in [0.29, 0.717) is 0 Å². The number of hydrogen-bond acceptors (Lipinski definition) is 3. The molecule has 0 saturated heterocycles. The van der Waals surface area contributed by atoms with Gasteiger partial charge in [0.25, 0.3) is 0 Å². The average Bonchev–Trinajstić information content (AvgIpc) is 2.34. The molecule has 1 aromatic heterocycles. The van der Waals surface area contributed by atoms with Crippen molar-refractivity contribution < 1.29 is 32.7 Å². The van der Waals surface area contributed by atoms with E-state index >= 15 is 0 Å². The van der Waals surface area contributed by atoms with Gasteiger partial charge in [0.1, 0.15) is 0 Å². The van der Waals surface area contributed by atoms with Crippen LogP contribution in [-0.2, 0) is 39.1 Å². The van der Waals surface area contributed by atoms with Crippen LogP contribution in [0.5, 0.6) is 0 Å². The zero-order valence-electron chi connectivity index (χ0n) is 5.91. The van der Waals surface area contributed by atoms with Crippen LogP contribution in [0.3, 0.4) is 0 Å².